The Bertz CT molecular complexity index is 720. The predicted molar refractivity (Wildman–Crippen MR) is 78.9 cm³/mol. The van der Waals surface area contributed by atoms with Gasteiger partial charge in [-0.1, -0.05) is 5.16 Å². The van der Waals surface area contributed by atoms with Crippen LogP contribution in [0.3, 0.4) is 0 Å². The number of piperidine rings is 1. The second-order valence-corrected chi connectivity index (χ2v) is 8.42. The van der Waals surface area contributed by atoms with Gasteiger partial charge in [-0.25, -0.2) is 4.79 Å². The fourth-order valence-electron chi connectivity index (χ4n) is 3.66. The summed E-state index contributed by atoms with van der Waals surface area (Å²) in [6.07, 6.45) is -4.08. The molecule has 0 aromatic carbocycles. The van der Waals surface area contributed by atoms with Gasteiger partial charge in [-0.3, -0.25) is 0 Å². The van der Waals surface area contributed by atoms with E-state index in [1.807, 2.05) is 0 Å². The maximum absolute atomic E-state index is 13.2. The fraction of sp³-hybridized carbons (Fsp3) is 0.812. The van der Waals surface area contributed by atoms with Gasteiger partial charge in [0.15, 0.2) is 5.82 Å². The minimum atomic E-state index is -4.38. The number of rotatable bonds is 2. The Hall–Kier alpha value is -1.80. The Morgan fingerprint density at radius 1 is 1.32 bits per heavy atom. The van der Waals surface area contributed by atoms with Gasteiger partial charge >= 0.3 is 12.3 Å². The zero-order valence-corrected chi connectivity index (χ0v) is 14.3. The third-order valence-electron chi connectivity index (χ3n) is 5.37. The largest absolute Gasteiger partial charge is 0.444 e. The number of amides is 1. The molecule has 1 aliphatic heterocycles. The molecule has 1 aromatic rings. The molecule has 25 heavy (non-hydrogen) atoms. The first-order chi connectivity index (χ1) is 11.5. The van der Waals surface area contributed by atoms with Gasteiger partial charge in [0.25, 0.3) is 0 Å². The van der Waals surface area contributed by atoms with E-state index in [0.29, 0.717) is 13.1 Å². The van der Waals surface area contributed by atoms with Gasteiger partial charge in [-0.05, 0) is 46.0 Å². The van der Waals surface area contributed by atoms with Gasteiger partial charge in [0.05, 0.1) is 5.41 Å². The normalized spacial score (nSPS) is 30.2. The van der Waals surface area contributed by atoms with Crippen LogP contribution in [0.4, 0.5) is 18.0 Å². The summed E-state index contributed by atoms with van der Waals surface area (Å²) in [6, 6.07) is 0. The monoisotopic (exact) mass is 359 g/mol. The Balaban J connectivity index is 1.50. The van der Waals surface area contributed by atoms with Gasteiger partial charge in [0.1, 0.15) is 11.0 Å². The van der Waals surface area contributed by atoms with E-state index in [-0.39, 0.29) is 30.5 Å². The topological polar surface area (TPSA) is 68.5 Å². The van der Waals surface area contributed by atoms with Crippen LogP contribution in [0.15, 0.2) is 4.52 Å². The summed E-state index contributed by atoms with van der Waals surface area (Å²) >= 11 is 0. The zero-order valence-electron chi connectivity index (χ0n) is 14.3. The van der Waals surface area contributed by atoms with Crippen molar-refractivity contribution in [3.05, 3.63) is 11.7 Å². The second kappa shape index (κ2) is 4.67. The second-order valence-electron chi connectivity index (χ2n) is 8.42. The van der Waals surface area contributed by atoms with Crippen LogP contribution >= 0.6 is 0 Å². The van der Waals surface area contributed by atoms with Crippen LogP contribution in [-0.2, 0) is 15.6 Å². The summed E-state index contributed by atoms with van der Waals surface area (Å²) in [6.45, 7) is 6.22. The van der Waals surface area contributed by atoms with Crippen LogP contribution < -0.4 is 0 Å². The number of aromatic nitrogens is 2. The van der Waals surface area contributed by atoms with Crippen molar-refractivity contribution in [2.24, 2.45) is 5.92 Å². The average molecular weight is 359 g/mol. The lowest BCUT2D eigenvalue weighted by Gasteiger charge is -2.25. The summed E-state index contributed by atoms with van der Waals surface area (Å²) in [7, 11) is 0. The highest BCUT2D eigenvalue weighted by atomic mass is 19.4. The van der Waals surface area contributed by atoms with E-state index in [4.69, 9.17) is 9.26 Å². The Labute approximate surface area is 142 Å². The molecule has 3 fully saturated rings. The lowest BCUT2D eigenvalue weighted by molar-refractivity contribution is -0.166. The predicted octanol–water partition coefficient (Wildman–Crippen LogP) is 3.17. The van der Waals surface area contributed by atoms with Crippen molar-refractivity contribution >= 4 is 6.09 Å². The first-order valence-corrected chi connectivity index (χ1v) is 8.36. The van der Waals surface area contributed by atoms with Crippen LogP contribution in [0, 0.1) is 5.92 Å². The summed E-state index contributed by atoms with van der Waals surface area (Å²) < 4.78 is 49.9. The molecule has 3 aliphatic rings. The highest BCUT2D eigenvalue weighted by Gasteiger charge is 2.70. The third-order valence-corrected chi connectivity index (χ3v) is 5.37. The lowest BCUT2D eigenvalue weighted by atomic mass is 10.0. The molecule has 6 nitrogen and oxygen atoms in total. The van der Waals surface area contributed by atoms with E-state index < -0.39 is 28.7 Å². The van der Waals surface area contributed by atoms with Crippen LogP contribution in [0.1, 0.15) is 51.7 Å². The van der Waals surface area contributed by atoms with Gasteiger partial charge in [0, 0.05) is 13.1 Å². The molecule has 2 atom stereocenters. The Morgan fingerprint density at radius 3 is 2.56 bits per heavy atom. The lowest BCUT2D eigenvalue weighted by Crippen LogP contribution is -2.38. The average Bonchev–Trinajstić information content (AvgIpc) is 3.32. The summed E-state index contributed by atoms with van der Waals surface area (Å²) in [5.41, 5.74) is -3.05. The van der Waals surface area contributed by atoms with Crippen LogP contribution in [0.5, 0.6) is 0 Å². The van der Waals surface area contributed by atoms with Gasteiger partial charge in [-0.15, -0.1) is 0 Å². The molecule has 2 saturated carbocycles. The molecular weight excluding hydrogens is 339 g/mol. The van der Waals surface area contributed by atoms with Gasteiger partial charge in [-0.2, -0.15) is 18.2 Å². The highest BCUT2D eigenvalue weighted by Crippen LogP contribution is 2.61. The minimum Gasteiger partial charge on any atom is -0.444 e. The first kappa shape index (κ1) is 16.7. The van der Waals surface area contributed by atoms with Crippen molar-refractivity contribution in [3.8, 4) is 0 Å². The SMILES string of the molecule is CC(C)(C)OC(=O)N1CC2CC2(c2noc(C3(C(F)(F)F)CC3)n2)C1. The van der Waals surface area contributed by atoms with Crippen molar-refractivity contribution in [1.29, 1.82) is 0 Å². The van der Waals surface area contributed by atoms with E-state index in [9.17, 15) is 18.0 Å². The number of carbonyl (C=O) groups excluding carboxylic acids is 1. The highest BCUT2D eigenvalue weighted by molar-refractivity contribution is 5.69. The molecule has 2 unspecified atom stereocenters. The number of alkyl halides is 3. The standard InChI is InChI=1S/C16H20F3N3O3/c1-13(2,3)24-12(23)22-7-9-6-14(9,8-22)10-20-11(25-21-10)15(4-5-15)16(17,18)19/h9H,4-8H2,1-3H3. The van der Waals surface area contributed by atoms with Crippen molar-refractivity contribution in [2.45, 2.75) is 62.6 Å². The molecule has 0 spiro atoms. The Kier molecular flexibility index (Phi) is 3.11. The van der Waals surface area contributed by atoms with E-state index in [1.165, 1.54) is 0 Å². The van der Waals surface area contributed by atoms with Crippen LogP contribution in [0.2, 0.25) is 0 Å². The molecule has 2 aliphatic carbocycles. The van der Waals surface area contributed by atoms with Gasteiger partial charge in [0.2, 0.25) is 5.89 Å². The smallest absolute Gasteiger partial charge is 0.410 e. The molecule has 4 rings (SSSR count). The maximum atomic E-state index is 13.2. The Morgan fingerprint density at radius 2 is 2.00 bits per heavy atom. The number of hydrogen-bond acceptors (Lipinski definition) is 5. The quantitative estimate of drug-likeness (QED) is 0.811. The molecule has 1 aromatic heterocycles. The number of ether oxygens (including phenoxy) is 1. The number of nitrogens with zero attached hydrogens (tertiary/aromatic N) is 3. The third kappa shape index (κ3) is 2.50. The summed E-state index contributed by atoms with van der Waals surface area (Å²) in [5.74, 6) is 0.0892. The molecule has 138 valence electrons. The van der Waals surface area contributed by atoms with E-state index >= 15 is 0 Å². The number of carbonyl (C=O) groups is 1. The zero-order chi connectivity index (χ0) is 18.3. The van der Waals surface area contributed by atoms with Crippen molar-refractivity contribution in [1.82, 2.24) is 15.0 Å². The van der Waals surface area contributed by atoms with Crippen molar-refractivity contribution in [2.75, 3.05) is 13.1 Å². The molecule has 0 N–H and O–H groups in total. The van der Waals surface area contributed by atoms with Crippen LogP contribution in [0.25, 0.3) is 0 Å². The molecule has 0 radical (unpaired) electrons. The number of likely N-dealkylation sites (tertiary alicyclic amines) is 1. The summed E-state index contributed by atoms with van der Waals surface area (Å²) in [4.78, 5) is 17.9. The van der Waals surface area contributed by atoms with Crippen LogP contribution in [-0.4, -0.2) is 46.0 Å². The van der Waals surface area contributed by atoms with E-state index in [2.05, 4.69) is 10.1 Å². The number of halogens is 3. The molecular formula is C16H20F3N3O3. The molecule has 1 amide bonds. The number of hydrogen-bond donors (Lipinski definition) is 0. The van der Waals surface area contributed by atoms with Gasteiger partial charge < -0.3 is 14.2 Å². The minimum absolute atomic E-state index is 0.0153. The van der Waals surface area contributed by atoms with E-state index in [1.54, 1.807) is 25.7 Å². The summed E-state index contributed by atoms with van der Waals surface area (Å²) in [5, 5.41) is 3.83. The first-order valence-electron chi connectivity index (χ1n) is 8.36. The fourth-order valence-corrected chi connectivity index (χ4v) is 3.66. The molecule has 0 bridgehead atoms. The molecule has 2 heterocycles. The number of fused-ring (bicyclic) bond motifs is 1. The molecule has 9 heteroatoms. The molecule has 1 saturated heterocycles. The van der Waals surface area contributed by atoms with Crippen molar-refractivity contribution < 1.29 is 27.2 Å². The van der Waals surface area contributed by atoms with E-state index in [0.717, 1.165) is 6.42 Å². The van der Waals surface area contributed by atoms with Crippen molar-refractivity contribution in [3.63, 3.8) is 0 Å². The maximum Gasteiger partial charge on any atom is 0.410 e.